The predicted octanol–water partition coefficient (Wildman–Crippen LogP) is 2.09. The summed E-state index contributed by atoms with van der Waals surface area (Å²) < 4.78 is 0. The van der Waals surface area contributed by atoms with Crippen LogP contribution in [-0.2, 0) is 6.42 Å². The minimum Gasteiger partial charge on any atom is -0.393 e. The molecule has 2 atom stereocenters. The standard InChI is InChI=1S/C14H25N3O2S/c1-10(7-12(3)18)8-16-14(19)15-6-4-5-13-17-11(2)9-20-13/h9-10,12,18H,4-8H2,1-3H3,(H2,15,16,19). The monoisotopic (exact) mass is 299 g/mol. The average molecular weight is 299 g/mol. The Morgan fingerprint density at radius 2 is 2.20 bits per heavy atom. The van der Waals surface area contributed by atoms with E-state index in [1.54, 1.807) is 18.3 Å². The summed E-state index contributed by atoms with van der Waals surface area (Å²) in [6, 6.07) is -0.141. The highest BCUT2D eigenvalue weighted by Crippen LogP contribution is 2.10. The predicted molar refractivity (Wildman–Crippen MR) is 82.0 cm³/mol. The topological polar surface area (TPSA) is 74.2 Å². The normalized spacial score (nSPS) is 13.8. The van der Waals surface area contributed by atoms with Crippen LogP contribution in [0.4, 0.5) is 4.79 Å². The van der Waals surface area contributed by atoms with Gasteiger partial charge in [-0.05, 0) is 32.6 Å². The average Bonchev–Trinajstić information content (AvgIpc) is 2.77. The number of nitrogens with zero attached hydrogens (tertiary/aromatic N) is 1. The third-order valence-electron chi connectivity index (χ3n) is 2.87. The second-order valence-electron chi connectivity index (χ2n) is 5.31. The number of hydrogen-bond acceptors (Lipinski definition) is 4. The zero-order chi connectivity index (χ0) is 15.0. The number of carbonyl (C=O) groups excluding carboxylic acids is 1. The molecule has 0 saturated carbocycles. The van der Waals surface area contributed by atoms with Crippen LogP contribution >= 0.6 is 11.3 Å². The fraction of sp³-hybridized carbons (Fsp3) is 0.714. The number of hydrogen-bond donors (Lipinski definition) is 3. The molecule has 1 aromatic heterocycles. The lowest BCUT2D eigenvalue weighted by atomic mass is 10.1. The molecule has 1 aromatic rings. The number of aliphatic hydroxyl groups is 1. The van der Waals surface area contributed by atoms with Gasteiger partial charge in [0, 0.05) is 30.6 Å². The molecule has 114 valence electrons. The Balaban J connectivity index is 2.05. The van der Waals surface area contributed by atoms with Crippen LogP contribution in [0.5, 0.6) is 0 Å². The van der Waals surface area contributed by atoms with Gasteiger partial charge in [-0.1, -0.05) is 6.92 Å². The Labute approximate surface area is 124 Å². The number of aromatic nitrogens is 1. The van der Waals surface area contributed by atoms with Gasteiger partial charge in [-0.25, -0.2) is 9.78 Å². The van der Waals surface area contributed by atoms with Gasteiger partial charge in [0.05, 0.1) is 11.1 Å². The van der Waals surface area contributed by atoms with Crippen molar-refractivity contribution in [3.05, 3.63) is 16.1 Å². The van der Waals surface area contributed by atoms with Crippen LogP contribution in [0.2, 0.25) is 0 Å². The molecular formula is C14H25N3O2S. The molecule has 0 saturated heterocycles. The summed E-state index contributed by atoms with van der Waals surface area (Å²) in [4.78, 5) is 15.9. The van der Waals surface area contributed by atoms with Crippen molar-refractivity contribution in [3.63, 3.8) is 0 Å². The lowest BCUT2D eigenvalue weighted by Gasteiger charge is -2.14. The van der Waals surface area contributed by atoms with Gasteiger partial charge in [-0.15, -0.1) is 11.3 Å². The van der Waals surface area contributed by atoms with Crippen molar-refractivity contribution < 1.29 is 9.90 Å². The molecule has 0 aliphatic heterocycles. The number of aliphatic hydroxyl groups excluding tert-OH is 1. The lowest BCUT2D eigenvalue weighted by Crippen LogP contribution is -2.38. The highest BCUT2D eigenvalue weighted by Gasteiger charge is 2.08. The van der Waals surface area contributed by atoms with Crippen molar-refractivity contribution in [3.8, 4) is 0 Å². The highest BCUT2D eigenvalue weighted by molar-refractivity contribution is 7.09. The molecule has 1 heterocycles. The molecule has 0 aliphatic rings. The molecule has 2 amide bonds. The van der Waals surface area contributed by atoms with E-state index in [9.17, 15) is 9.90 Å². The zero-order valence-electron chi connectivity index (χ0n) is 12.5. The van der Waals surface area contributed by atoms with E-state index in [2.05, 4.69) is 15.6 Å². The van der Waals surface area contributed by atoms with E-state index in [0.29, 0.717) is 19.5 Å². The van der Waals surface area contributed by atoms with Crippen LogP contribution in [0.1, 0.15) is 37.4 Å². The number of carbonyl (C=O) groups is 1. The number of rotatable bonds is 8. The quantitative estimate of drug-likeness (QED) is 0.643. The second kappa shape index (κ2) is 8.92. The second-order valence-corrected chi connectivity index (χ2v) is 6.26. The summed E-state index contributed by atoms with van der Waals surface area (Å²) in [6.45, 7) is 6.99. The third kappa shape index (κ3) is 7.45. The molecule has 0 bridgehead atoms. The van der Waals surface area contributed by atoms with E-state index >= 15 is 0 Å². The SMILES string of the molecule is Cc1csc(CCCNC(=O)NCC(C)CC(C)O)n1. The van der Waals surface area contributed by atoms with Crippen LogP contribution in [0.3, 0.4) is 0 Å². The summed E-state index contributed by atoms with van der Waals surface area (Å²) in [5.74, 6) is 0.277. The van der Waals surface area contributed by atoms with E-state index < -0.39 is 0 Å². The van der Waals surface area contributed by atoms with E-state index in [0.717, 1.165) is 23.5 Å². The molecule has 20 heavy (non-hydrogen) atoms. The summed E-state index contributed by atoms with van der Waals surface area (Å²) in [7, 11) is 0. The smallest absolute Gasteiger partial charge is 0.314 e. The molecule has 3 N–H and O–H groups in total. The van der Waals surface area contributed by atoms with Crippen LogP contribution in [0, 0.1) is 12.8 Å². The first-order chi connectivity index (χ1) is 9.47. The van der Waals surface area contributed by atoms with Gasteiger partial charge in [0.2, 0.25) is 0 Å². The van der Waals surface area contributed by atoms with Gasteiger partial charge in [0.1, 0.15) is 0 Å². The van der Waals surface area contributed by atoms with Gasteiger partial charge < -0.3 is 15.7 Å². The molecule has 5 nitrogen and oxygen atoms in total. The van der Waals surface area contributed by atoms with Gasteiger partial charge in [0.15, 0.2) is 0 Å². The highest BCUT2D eigenvalue weighted by atomic mass is 32.1. The molecule has 1 rings (SSSR count). The summed E-state index contributed by atoms with van der Waals surface area (Å²) in [6.07, 6.45) is 2.17. The van der Waals surface area contributed by atoms with Crippen LogP contribution in [0.25, 0.3) is 0 Å². The Hall–Kier alpha value is -1.14. The summed E-state index contributed by atoms with van der Waals surface area (Å²) in [5.41, 5.74) is 1.06. The van der Waals surface area contributed by atoms with E-state index in [1.807, 2.05) is 19.2 Å². The molecule has 0 fully saturated rings. The van der Waals surface area contributed by atoms with Crippen molar-refractivity contribution in [1.29, 1.82) is 0 Å². The van der Waals surface area contributed by atoms with Crippen molar-refractivity contribution >= 4 is 17.4 Å². The number of nitrogens with one attached hydrogen (secondary N) is 2. The van der Waals surface area contributed by atoms with Crippen molar-refractivity contribution in [2.24, 2.45) is 5.92 Å². The van der Waals surface area contributed by atoms with Crippen molar-refractivity contribution in [2.75, 3.05) is 13.1 Å². The summed E-state index contributed by atoms with van der Waals surface area (Å²) in [5, 5.41) is 18.0. The summed E-state index contributed by atoms with van der Waals surface area (Å²) >= 11 is 1.67. The third-order valence-corrected chi connectivity index (χ3v) is 3.90. The molecule has 0 aliphatic carbocycles. The minimum atomic E-state index is -0.323. The van der Waals surface area contributed by atoms with Crippen molar-refractivity contribution in [2.45, 2.75) is 46.1 Å². The van der Waals surface area contributed by atoms with Crippen LogP contribution < -0.4 is 10.6 Å². The van der Waals surface area contributed by atoms with E-state index in [-0.39, 0.29) is 18.1 Å². The zero-order valence-corrected chi connectivity index (χ0v) is 13.3. The van der Waals surface area contributed by atoms with Gasteiger partial charge in [-0.3, -0.25) is 0 Å². The molecule has 0 spiro atoms. The largest absolute Gasteiger partial charge is 0.393 e. The van der Waals surface area contributed by atoms with Crippen molar-refractivity contribution in [1.82, 2.24) is 15.6 Å². The first kappa shape index (κ1) is 16.9. The van der Waals surface area contributed by atoms with E-state index in [1.165, 1.54) is 0 Å². The fourth-order valence-corrected chi connectivity index (χ4v) is 2.77. The van der Waals surface area contributed by atoms with Crippen LogP contribution in [-0.4, -0.2) is 35.3 Å². The Morgan fingerprint density at radius 3 is 2.80 bits per heavy atom. The Kier molecular flexibility index (Phi) is 7.54. The molecule has 0 radical (unpaired) electrons. The minimum absolute atomic E-state index is 0.141. The number of amides is 2. The first-order valence-electron chi connectivity index (χ1n) is 7.08. The number of thiazole rings is 1. The maximum absolute atomic E-state index is 11.6. The lowest BCUT2D eigenvalue weighted by molar-refractivity contribution is 0.163. The maximum atomic E-state index is 11.6. The molecule has 6 heteroatoms. The van der Waals surface area contributed by atoms with Crippen LogP contribution in [0.15, 0.2) is 5.38 Å². The van der Waals surface area contributed by atoms with Gasteiger partial charge in [-0.2, -0.15) is 0 Å². The van der Waals surface area contributed by atoms with Gasteiger partial charge in [0.25, 0.3) is 0 Å². The Bertz CT molecular complexity index is 407. The molecule has 0 aromatic carbocycles. The van der Waals surface area contributed by atoms with Gasteiger partial charge >= 0.3 is 6.03 Å². The number of aryl methyl sites for hydroxylation is 2. The molecular weight excluding hydrogens is 274 g/mol. The van der Waals surface area contributed by atoms with E-state index in [4.69, 9.17) is 0 Å². The number of urea groups is 1. The fourth-order valence-electron chi connectivity index (χ4n) is 1.95. The molecule has 2 unspecified atom stereocenters. The Morgan fingerprint density at radius 1 is 1.45 bits per heavy atom. The maximum Gasteiger partial charge on any atom is 0.314 e. The first-order valence-corrected chi connectivity index (χ1v) is 7.96.